The minimum atomic E-state index is -0.505. The molecule has 0 aliphatic carbocycles. The number of hydrogen-bond donors (Lipinski definition) is 2. The lowest BCUT2D eigenvalue weighted by molar-refractivity contribution is -0.146. The van der Waals surface area contributed by atoms with Crippen molar-refractivity contribution < 1.29 is 28.7 Å². The Morgan fingerprint density at radius 2 is 1.83 bits per heavy atom. The number of benzene rings is 1. The topological polar surface area (TPSA) is 111 Å². The van der Waals surface area contributed by atoms with Gasteiger partial charge in [0.2, 0.25) is 5.91 Å². The van der Waals surface area contributed by atoms with E-state index in [2.05, 4.69) is 10.6 Å². The van der Waals surface area contributed by atoms with Crippen molar-refractivity contribution in [2.45, 2.75) is 32.4 Å². The Hall–Kier alpha value is -3.26. The second-order valence-corrected chi connectivity index (χ2v) is 7.16. The molecule has 158 valence electrons. The molecule has 1 aromatic carbocycles. The molecule has 1 amide bonds. The summed E-state index contributed by atoms with van der Waals surface area (Å²) in [5.74, 6) is -1.30. The van der Waals surface area contributed by atoms with E-state index in [1.165, 1.54) is 13.8 Å². The highest BCUT2D eigenvalue weighted by atomic mass is 16.5. The van der Waals surface area contributed by atoms with Crippen LogP contribution in [0.4, 0.5) is 0 Å². The lowest BCUT2D eigenvalue weighted by atomic mass is 9.94. The minimum absolute atomic E-state index is 0.183. The molecule has 0 saturated carbocycles. The van der Waals surface area contributed by atoms with Crippen molar-refractivity contribution >= 4 is 34.8 Å². The van der Waals surface area contributed by atoms with Crippen LogP contribution in [0.15, 0.2) is 36.4 Å². The second-order valence-electron chi connectivity index (χ2n) is 7.16. The van der Waals surface area contributed by atoms with Crippen LogP contribution in [-0.2, 0) is 28.7 Å². The molecule has 0 saturated heterocycles. The average molecular weight is 412 g/mol. The van der Waals surface area contributed by atoms with Gasteiger partial charge in [0.15, 0.2) is 12.4 Å². The van der Waals surface area contributed by atoms with Crippen LogP contribution in [0.1, 0.15) is 31.4 Å². The summed E-state index contributed by atoms with van der Waals surface area (Å²) in [6, 6.07) is 6.96. The molecule has 2 N–H and O–H groups in total. The van der Waals surface area contributed by atoms with Crippen LogP contribution in [0.25, 0.3) is 11.1 Å². The molecule has 2 atom stereocenters. The smallest absolute Gasteiger partial charge is 0.339 e. The predicted molar refractivity (Wildman–Crippen MR) is 109 cm³/mol. The van der Waals surface area contributed by atoms with E-state index in [1.807, 2.05) is 30.3 Å². The summed E-state index contributed by atoms with van der Waals surface area (Å²) in [6.07, 6.45) is 3.82. The molecular weight excluding hydrogens is 388 g/mol. The van der Waals surface area contributed by atoms with Gasteiger partial charge in [-0.2, -0.15) is 0 Å². The number of Topliss-reactive ketones (excluding diaryl/α,β-unsaturated/α-hetero) is 1. The van der Waals surface area contributed by atoms with E-state index in [-0.39, 0.29) is 24.8 Å². The summed E-state index contributed by atoms with van der Waals surface area (Å²) in [5, 5.41) is 5.74. The number of ketones is 1. The zero-order chi connectivity index (χ0) is 21.7. The second kappa shape index (κ2) is 9.49. The molecule has 2 aliphatic heterocycles. The molecule has 0 spiro atoms. The molecule has 30 heavy (non-hydrogen) atoms. The van der Waals surface area contributed by atoms with Gasteiger partial charge in [0.1, 0.15) is 6.10 Å². The lowest BCUT2D eigenvalue weighted by Crippen LogP contribution is -2.40. The fourth-order valence-corrected chi connectivity index (χ4v) is 3.33. The van der Waals surface area contributed by atoms with Crippen LogP contribution in [0, 0.1) is 0 Å². The maximum Gasteiger partial charge on any atom is 0.339 e. The van der Waals surface area contributed by atoms with E-state index in [0.717, 1.165) is 23.1 Å². The first-order valence-corrected chi connectivity index (χ1v) is 9.71. The molecule has 0 radical (unpaired) electrons. The van der Waals surface area contributed by atoms with Crippen molar-refractivity contribution in [2.75, 3.05) is 19.7 Å². The first-order chi connectivity index (χ1) is 14.3. The van der Waals surface area contributed by atoms with Gasteiger partial charge in [-0.15, -0.1) is 0 Å². The average Bonchev–Trinajstić information content (AvgIpc) is 3.11. The fraction of sp³-hybridized carbons (Fsp3) is 0.364. The van der Waals surface area contributed by atoms with Crippen molar-refractivity contribution in [1.29, 1.82) is 0 Å². The van der Waals surface area contributed by atoms with Gasteiger partial charge < -0.3 is 20.1 Å². The molecule has 8 heteroatoms. The zero-order valence-corrected chi connectivity index (χ0v) is 16.9. The number of ether oxygens (including phenoxy) is 2. The number of nitrogens with one attached hydrogen (secondary N) is 2. The van der Waals surface area contributed by atoms with Crippen LogP contribution in [0.3, 0.4) is 0 Å². The highest BCUT2D eigenvalue weighted by Crippen LogP contribution is 2.27. The number of amides is 1. The summed E-state index contributed by atoms with van der Waals surface area (Å²) in [6.45, 7) is 3.29. The maximum atomic E-state index is 12.2. The molecule has 0 fully saturated rings. The SMILES string of the molecule is CC(=O)NC[C@H]1C=C(c2ccc(C3=CC(C(=O)COC(C)=O)NCC3)cc2)C(=O)O1. The minimum Gasteiger partial charge on any atom is -0.458 e. The first-order valence-electron chi connectivity index (χ1n) is 9.71. The van der Waals surface area contributed by atoms with Crippen molar-refractivity contribution in [2.24, 2.45) is 0 Å². The quantitative estimate of drug-likeness (QED) is 0.643. The maximum absolute atomic E-state index is 12.2. The normalized spacial score (nSPS) is 20.7. The fourth-order valence-electron chi connectivity index (χ4n) is 3.33. The van der Waals surface area contributed by atoms with E-state index < -0.39 is 24.1 Å². The van der Waals surface area contributed by atoms with Crippen LogP contribution in [-0.4, -0.2) is 55.5 Å². The third-order valence-corrected chi connectivity index (χ3v) is 4.84. The van der Waals surface area contributed by atoms with E-state index in [1.54, 1.807) is 6.08 Å². The highest BCUT2D eigenvalue weighted by Gasteiger charge is 2.27. The molecule has 1 unspecified atom stereocenters. The van der Waals surface area contributed by atoms with Crippen LogP contribution in [0.2, 0.25) is 0 Å². The van der Waals surface area contributed by atoms with Crippen molar-refractivity contribution in [3.05, 3.63) is 47.5 Å². The summed E-state index contributed by atoms with van der Waals surface area (Å²) in [5.41, 5.74) is 3.15. The number of esters is 2. The third kappa shape index (κ3) is 5.42. The summed E-state index contributed by atoms with van der Waals surface area (Å²) in [7, 11) is 0. The van der Waals surface area contributed by atoms with Crippen molar-refractivity contribution in [3.8, 4) is 0 Å². The van der Waals surface area contributed by atoms with Crippen molar-refractivity contribution in [3.63, 3.8) is 0 Å². The summed E-state index contributed by atoms with van der Waals surface area (Å²) < 4.78 is 10.1. The number of cyclic esters (lactones) is 1. The van der Waals surface area contributed by atoms with Gasteiger partial charge in [-0.1, -0.05) is 30.3 Å². The Balaban J connectivity index is 1.70. The Labute approximate surface area is 174 Å². The Morgan fingerprint density at radius 1 is 1.13 bits per heavy atom. The molecule has 2 aliphatic rings. The van der Waals surface area contributed by atoms with E-state index >= 15 is 0 Å². The molecule has 0 bridgehead atoms. The number of rotatable bonds is 7. The molecule has 2 heterocycles. The molecule has 3 rings (SSSR count). The van der Waals surface area contributed by atoms with Gasteiger partial charge in [-0.05, 0) is 29.2 Å². The van der Waals surface area contributed by atoms with Crippen molar-refractivity contribution in [1.82, 2.24) is 10.6 Å². The van der Waals surface area contributed by atoms with E-state index in [4.69, 9.17) is 9.47 Å². The predicted octanol–water partition coefficient (Wildman–Crippen LogP) is 1.01. The third-order valence-electron chi connectivity index (χ3n) is 4.84. The number of hydrogen-bond acceptors (Lipinski definition) is 7. The first kappa shape index (κ1) is 21.4. The van der Waals surface area contributed by atoms with Gasteiger partial charge in [0.25, 0.3) is 0 Å². The van der Waals surface area contributed by atoms with Crippen LogP contribution in [0.5, 0.6) is 0 Å². The number of carbonyl (C=O) groups is 4. The highest BCUT2D eigenvalue weighted by molar-refractivity contribution is 6.18. The van der Waals surface area contributed by atoms with Crippen LogP contribution < -0.4 is 10.6 Å². The van der Waals surface area contributed by atoms with Gasteiger partial charge >= 0.3 is 11.9 Å². The lowest BCUT2D eigenvalue weighted by Gasteiger charge is -2.22. The van der Waals surface area contributed by atoms with Gasteiger partial charge in [0, 0.05) is 20.4 Å². The monoisotopic (exact) mass is 412 g/mol. The number of carbonyl (C=O) groups excluding carboxylic acids is 4. The van der Waals surface area contributed by atoms with E-state index in [0.29, 0.717) is 12.1 Å². The van der Waals surface area contributed by atoms with Gasteiger partial charge in [0.05, 0.1) is 18.2 Å². The molecular formula is C22H24N2O6. The molecule has 8 nitrogen and oxygen atoms in total. The van der Waals surface area contributed by atoms with Crippen LogP contribution >= 0.6 is 0 Å². The van der Waals surface area contributed by atoms with Gasteiger partial charge in [-0.25, -0.2) is 4.79 Å². The Kier molecular flexibility index (Phi) is 6.79. The Bertz CT molecular complexity index is 916. The largest absolute Gasteiger partial charge is 0.458 e. The zero-order valence-electron chi connectivity index (χ0n) is 16.9. The van der Waals surface area contributed by atoms with E-state index in [9.17, 15) is 19.2 Å². The summed E-state index contributed by atoms with van der Waals surface area (Å²) in [4.78, 5) is 46.3. The van der Waals surface area contributed by atoms with Gasteiger partial charge in [-0.3, -0.25) is 14.4 Å². The Morgan fingerprint density at radius 3 is 2.50 bits per heavy atom. The summed E-state index contributed by atoms with van der Waals surface area (Å²) >= 11 is 0. The molecule has 0 aromatic heterocycles. The standard InChI is InChI=1S/C22H24N2O6/c1-13(25)24-11-18-10-19(22(28)30-18)16-5-3-15(4-6-16)17-7-8-23-20(9-17)21(27)12-29-14(2)26/h3-6,9-10,18,20,23H,7-8,11-12H2,1-2H3,(H,24,25)/t18-,20?/m1/s1. The molecule has 1 aromatic rings.